The predicted molar refractivity (Wildman–Crippen MR) is 82.5 cm³/mol. The highest BCUT2D eigenvalue weighted by Gasteiger charge is 2.34. The Morgan fingerprint density at radius 2 is 2.04 bits per heavy atom. The van der Waals surface area contributed by atoms with Crippen molar-refractivity contribution in [1.82, 2.24) is 4.90 Å². The van der Waals surface area contributed by atoms with E-state index in [1.807, 2.05) is 0 Å². The third kappa shape index (κ3) is 3.09. The zero-order valence-electron chi connectivity index (χ0n) is 12.3. The van der Waals surface area contributed by atoms with Gasteiger partial charge in [-0.1, -0.05) is 24.3 Å². The molecule has 0 bridgehead atoms. The summed E-state index contributed by atoms with van der Waals surface area (Å²) >= 11 is 0.987. The van der Waals surface area contributed by atoms with Crippen LogP contribution in [0.4, 0.5) is 8.78 Å². The molecule has 1 aromatic carbocycles. The Labute approximate surface area is 140 Å². The van der Waals surface area contributed by atoms with Crippen molar-refractivity contribution in [2.45, 2.75) is 19.1 Å². The number of ether oxygens (including phenoxy) is 1. The minimum atomic E-state index is -3.03. The van der Waals surface area contributed by atoms with Crippen LogP contribution >= 0.6 is 11.3 Å². The average Bonchev–Trinajstić information content (AvgIpc) is 3.00. The normalized spacial score (nSPS) is 16.8. The second-order valence-corrected chi connectivity index (χ2v) is 6.18. The molecule has 1 atom stereocenters. The van der Waals surface area contributed by atoms with Gasteiger partial charge in [0.05, 0.1) is 5.92 Å². The second kappa shape index (κ2) is 6.56. The molecule has 1 unspecified atom stereocenters. The maximum absolute atomic E-state index is 12.7. The highest BCUT2D eigenvalue weighted by Crippen LogP contribution is 2.33. The highest BCUT2D eigenvalue weighted by atomic mass is 32.1. The monoisotopic (exact) mass is 353 g/mol. The number of carboxylic acids is 1. The van der Waals surface area contributed by atoms with Crippen LogP contribution in [0.5, 0.6) is 5.75 Å². The van der Waals surface area contributed by atoms with Gasteiger partial charge in [-0.05, 0) is 22.6 Å². The first-order chi connectivity index (χ1) is 11.5. The molecule has 0 saturated carbocycles. The van der Waals surface area contributed by atoms with Crippen LogP contribution in [0.3, 0.4) is 0 Å². The Balaban J connectivity index is 1.90. The predicted octanol–water partition coefficient (Wildman–Crippen LogP) is 3.17. The van der Waals surface area contributed by atoms with E-state index in [0.717, 1.165) is 16.9 Å². The van der Waals surface area contributed by atoms with Gasteiger partial charge in [-0.3, -0.25) is 9.59 Å². The molecule has 1 aromatic heterocycles. The van der Waals surface area contributed by atoms with Crippen molar-refractivity contribution in [2.24, 2.45) is 0 Å². The number of halogens is 2. The number of nitrogens with zero attached hydrogens (tertiary/aromatic N) is 1. The van der Waals surface area contributed by atoms with E-state index in [1.165, 1.54) is 16.3 Å². The lowest BCUT2D eigenvalue weighted by Crippen LogP contribution is -2.40. The van der Waals surface area contributed by atoms with E-state index in [4.69, 9.17) is 0 Å². The molecule has 1 amide bonds. The van der Waals surface area contributed by atoms with Crippen molar-refractivity contribution in [3.8, 4) is 5.75 Å². The van der Waals surface area contributed by atoms with Gasteiger partial charge < -0.3 is 14.7 Å². The maximum atomic E-state index is 12.7. The highest BCUT2D eigenvalue weighted by molar-refractivity contribution is 7.12. The SMILES string of the molecule is O=C(O)C1CN(C(=O)c2sccc2OC(F)F)Cc2ccccc21. The molecule has 0 saturated heterocycles. The van der Waals surface area contributed by atoms with E-state index >= 15 is 0 Å². The number of benzene rings is 1. The summed E-state index contributed by atoms with van der Waals surface area (Å²) in [4.78, 5) is 25.6. The molecule has 24 heavy (non-hydrogen) atoms. The first-order valence-electron chi connectivity index (χ1n) is 7.09. The molecule has 0 radical (unpaired) electrons. The summed E-state index contributed by atoms with van der Waals surface area (Å²) in [5.41, 5.74) is 1.40. The Morgan fingerprint density at radius 1 is 1.29 bits per heavy atom. The maximum Gasteiger partial charge on any atom is 0.387 e. The number of aliphatic carboxylic acids is 1. The lowest BCUT2D eigenvalue weighted by Gasteiger charge is -2.32. The standard InChI is InChI=1S/C16H13F2NO4S/c17-16(18)23-12-5-6-24-13(12)14(20)19-7-9-3-1-2-4-10(9)11(8-19)15(21)22/h1-6,11,16H,7-8H2,(H,21,22). The van der Waals surface area contributed by atoms with E-state index in [0.29, 0.717) is 5.56 Å². The molecule has 2 aromatic rings. The Hall–Kier alpha value is -2.48. The van der Waals surface area contributed by atoms with Crippen LogP contribution in [-0.2, 0) is 11.3 Å². The molecule has 2 heterocycles. The fourth-order valence-electron chi connectivity index (χ4n) is 2.76. The van der Waals surface area contributed by atoms with Crippen molar-refractivity contribution in [2.75, 3.05) is 6.54 Å². The summed E-state index contributed by atoms with van der Waals surface area (Å²) in [6.07, 6.45) is 0. The first-order valence-corrected chi connectivity index (χ1v) is 7.97. The van der Waals surface area contributed by atoms with E-state index in [9.17, 15) is 23.5 Å². The van der Waals surface area contributed by atoms with Crippen molar-refractivity contribution < 1.29 is 28.2 Å². The van der Waals surface area contributed by atoms with E-state index in [2.05, 4.69) is 4.74 Å². The molecule has 8 heteroatoms. The van der Waals surface area contributed by atoms with Gasteiger partial charge in [0.1, 0.15) is 10.6 Å². The van der Waals surface area contributed by atoms with E-state index in [-0.39, 0.29) is 23.7 Å². The summed E-state index contributed by atoms with van der Waals surface area (Å²) in [5, 5.41) is 10.9. The zero-order chi connectivity index (χ0) is 17.3. The molecule has 1 aliphatic heterocycles. The van der Waals surface area contributed by atoms with Crippen LogP contribution in [-0.4, -0.2) is 35.0 Å². The summed E-state index contributed by atoms with van der Waals surface area (Å²) in [7, 11) is 0. The molecular weight excluding hydrogens is 340 g/mol. The van der Waals surface area contributed by atoms with Crippen molar-refractivity contribution in [3.63, 3.8) is 0 Å². The number of hydrogen-bond donors (Lipinski definition) is 1. The van der Waals surface area contributed by atoms with Crippen LogP contribution in [0, 0.1) is 0 Å². The number of carbonyl (C=O) groups excluding carboxylic acids is 1. The van der Waals surface area contributed by atoms with E-state index in [1.54, 1.807) is 24.3 Å². The third-order valence-electron chi connectivity index (χ3n) is 3.82. The van der Waals surface area contributed by atoms with Gasteiger partial charge in [0.25, 0.3) is 5.91 Å². The summed E-state index contributed by atoms with van der Waals surface area (Å²) in [5.74, 6) is -2.58. The number of alkyl halides is 2. The molecular formula is C16H13F2NO4S. The number of rotatable bonds is 4. The minimum absolute atomic E-state index is 0.0167. The number of amides is 1. The second-order valence-electron chi connectivity index (χ2n) is 5.27. The quantitative estimate of drug-likeness (QED) is 0.917. The van der Waals surface area contributed by atoms with Gasteiger partial charge in [0.2, 0.25) is 0 Å². The Morgan fingerprint density at radius 3 is 2.75 bits per heavy atom. The Bertz CT molecular complexity index is 777. The number of carboxylic acid groups (broad SMARTS) is 1. The number of thiophene rings is 1. The fourth-order valence-corrected chi connectivity index (χ4v) is 3.55. The van der Waals surface area contributed by atoms with Crippen LogP contribution in [0.1, 0.15) is 26.7 Å². The van der Waals surface area contributed by atoms with Gasteiger partial charge in [0, 0.05) is 13.1 Å². The number of hydrogen-bond acceptors (Lipinski definition) is 4. The van der Waals surface area contributed by atoms with Gasteiger partial charge in [-0.25, -0.2) is 0 Å². The van der Waals surface area contributed by atoms with Crippen LogP contribution in [0.2, 0.25) is 0 Å². The minimum Gasteiger partial charge on any atom is -0.481 e. The van der Waals surface area contributed by atoms with Gasteiger partial charge in [-0.2, -0.15) is 8.78 Å². The largest absolute Gasteiger partial charge is 0.481 e. The Kier molecular flexibility index (Phi) is 4.48. The summed E-state index contributed by atoms with van der Waals surface area (Å²) in [6, 6.07) is 8.31. The van der Waals surface area contributed by atoms with Crippen molar-refractivity contribution >= 4 is 23.2 Å². The fraction of sp³-hybridized carbons (Fsp3) is 0.250. The van der Waals surface area contributed by atoms with Crippen LogP contribution < -0.4 is 4.74 Å². The summed E-state index contributed by atoms with van der Waals surface area (Å²) in [6.45, 7) is -2.82. The molecule has 5 nitrogen and oxygen atoms in total. The molecule has 0 spiro atoms. The topological polar surface area (TPSA) is 66.8 Å². The first kappa shape index (κ1) is 16.4. The number of carbonyl (C=O) groups is 2. The molecule has 3 rings (SSSR count). The smallest absolute Gasteiger partial charge is 0.387 e. The lowest BCUT2D eigenvalue weighted by atomic mass is 9.89. The van der Waals surface area contributed by atoms with Crippen LogP contribution in [0.15, 0.2) is 35.7 Å². The molecule has 0 fully saturated rings. The van der Waals surface area contributed by atoms with Crippen molar-refractivity contribution in [3.05, 3.63) is 51.7 Å². The lowest BCUT2D eigenvalue weighted by molar-refractivity contribution is -0.139. The van der Waals surface area contributed by atoms with E-state index < -0.39 is 24.4 Å². The molecule has 126 valence electrons. The summed E-state index contributed by atoms with van der Waals surface area (Å²) < 4.78 is 29.2. The van der Waals surface area contributed by atoms with Crippen LogP contribution in [0.25, 0.3) is 0 Å². The molecule has 1 aliphatic rings. The average molecular weight is 353 g/mol. The van der Waals surface area contributed by atoms with Gasteiger partial charge in [-0.15, -0.1) is 11.3 Å². The molecule has 1 N–H and O–H groups in total. The van der Waals surface area contributed by atoms with Gasteiger partial charge >= 0.3 is 12.6 Å². The van der Waals surface area contributed by atoms with Crippen molar-refractivity contribution in [1.29, 1.82) is 0 Å². The number of fused-ring (bicyclic) bond motifs is 1. The third-order valence-corrected chi connectivity index (χ3v) is 4.70. The molecule has 0 aliphatic carbocycles. The zero-order valence-corrected chi connectivity index (χ0v) is 13.1. The van der Waals surface area contributed by atoms with Gasteiger partial charge in [0.15, 0.2) is 0 Å².